The first-order valence-corrected chi connectivity index (χ1v) is 7.23. The van der Waals surface area contributed by atoms with Gasteiger partial charge in [-0.1, -0.05) is 0 Å². The van der Waals surface area contributed by atoms with Gasteiger partial charge >= 0.3 is 5.76 Å². The van der Waals surface area contributed by atoms with Crippen LogP contribution in [0.3, 0.4) is 0 Å². The summed E-state index contributed by atoms with van der Waals surface area (Å²) in [6.07, 6.45) is 0. The maximum Gasteiger partial charge on any atom is 0.417 e. The fourth-order valence-electron chi connectivity index (χ4n) is 2.58. The average molecular weight is 323 g/mol. The van der Waals surface area contributed by atoms with Gasteiger partial charge in [0, 0.05) is 22.7 Å². The number of rotatable bonds is 3. The third kappa shape index (κ3) is 2.41. The van der Waals surface area contributed by atoms with Crippen LogP contribution in [0.15, 0.2) is 51.7 Å². The lowest BCUT2D eigenvalue weighted by atomic mass is 10.2. The number of anilines is 1. The smallest absolute Gasteiger partial charge is 0.417 e. The minimum Gasteiger partial charge on any atom is -0.497 e. The van der Waals surface area contributed by atoms with Crippen molar-refractivity contribution < 1.29 is 13.9 Å². The lowest BCUT2D eigenvalue weighted by Gasteiger charge is -2.03. The van der Waals surface area contributed by atoms with Crippen molar-refractivity contribution in [3.8, 4) is 5.75 Å². The van der Waals surface area contributed by atoms with Gasteiger partial charge in [0.05, 0.1) is 12.6 Å². The summed E-state index contributed by atoms with van der Waals surface area (Å²) in [4.78, 5) is 29.2. The summed E-state index contributed by atoms with van der Waals surface area (Å²) in [6.45, 7) is 0. The number of H-pyrrole nitrogens is 2. The van der Waals surface area contributed by atoms with Crippen LogP contribution in [-0.4, -0.2) is 23.0 Å². The molecule has 2 aromatic heterocycles. The summed E-state index contributed by atoms with van der Waals surface area (Å²) in [5.41, 5.74) is 2.77. The largest absolute Gasteiger partial charge is 0.497 e. The molecule has 120 valence electrons. The van der Waals surface area contributed by atoms with Crippen molar-refractivity contribution in [3.63, 3.8) is 0 Å². The van der Waals surface area contributed by atoms with Gasteiger partial charge in [-0.2, -0.15) is 0 Å². The number of carbonyl (C=O) groups is 1. The summed E-state index contributed by atoms with van der Waals surface area (Å²) < 4.78 is 10.1. The lowest BCUT2D eigenvalue weighted by Crippen LogP contribution is -2.12. The molecule has 2 aromatic carbocycles. The molecule has 7 nitrogen and oxygen atoms in total. The van der Waals surface area contributed by atoms with Gasteiger partial charge < -0.3 is 19.5 Å². The van der Waals surface area contributed by atoms with Crippen LogP contribution in [0.25, 0.3) is 22.0 Å². The quantitative estimate of drug-likeness (QED) is 0.539. The van der Waals surface area contributed by atoms with E-state index in [2.05, 4.69) is 15.3 Å². The summed E-state index contributed by atoms with van der Waals surface area (Å²) in [5.74, 6) is -0.0981. The van der Waals surface area contributed by atoms with Gasteiger partial charge in [0.15, 0.2) is 5.58 Å². The number of aromatic amines is 2. The lowest BCUT2D eigenvalue weighted by molar-refractivity contribution is 0.102. The van der Waals surface area contributed by atoms with Crippen LogP contribution < -0.4 is 15.8 Å². The maximum atomic E-state index is 12.4. The van der Waals surface area contributed by atoms with Crippen molar-refractivity contribution in [1.82, 2.24) is 9.97 Å². The topological polar surface area (TPSA) is 100 Å². The van der Waals surface area contributed by atoms with Gasteiger partial charge in [0.2, 0.25) is 0 Å². The molecule has 0 saturated carbocycles. The minimum atomic E-state index is -0.530. The van der Waals surface area contributed by atoms with Crippen molar-refractivity contribution in [1.29, 1.82) is 0 Å². The molecule has 0 atom stereocenters. The molecule has 0 fully saturated rings. The van der Waals surface area contributed by atoms with E-state index in [9.17, 15) is 9.59 Å². The zero-order chi connectivity index (χ0) is 16.7. The van der Waals surface area contributed by atoms with E-state index in [1.807, 2.05) is 18.2 Å². The predicted molar refractivity (Wildman–Crippen MR) is 89.6 cm³/mol. The predicted octanol–water partition coefficient (Wildman–Crippen LogP) is 2.86. The number of oxazole rings is 1. The minimum absolute atomic E-state index is 0.282. The number of nitrogens with one attached hydrogen (secondary N) is 3. The number of hydrogen-bond acceptors (Lipinski definition) is 4. The van der Waals surface area contributed by atoms with Gasteiger partial charge in [0.25, 0.3) is 5.91 Å². The molecule has 0 unspecified atom stereocenters. The number of methoxy groups -OCH3 is 1. The Labute approximate surface area is 135 Å². The number of hydrogen-bond donors (Lipinski definition) is 3. The molecule has 0 aliphatic heterocycles. The first-order valence-electron chi connectivity index (χ1n) is 7.23. The van der Waals surface area contributed by atoms with E-state index >= 15 is 0 Å². The first kappa shape index (κ1) is 14.1. The van der Waals surface area contributed by atoms with Crippen molar-refractivity contribution in [2.45, 2.75) is 0 Å². The molecule has 1 amide bonds. The Balaban J connectivity index is 1.63. The number of benzene rings is 2. The Hall–Kier alpha value is -3.48. The number of amides is 1. The molecular weight excluding hydrogens is 310 g/mol. The molecule has 0 aliphatic carbocycles. The number of aromatic nitrogens is 2. The van der Waals surface area contributed by atoms with Gasteiger partial charge in [-0.15, -0.1) is 0 Å². The number of carbonyl (C=O) groups excluding carboxylic acids is 1. The number of fused-ring (bicyclic) bond motifs is 2. The Kier molecular flexibility index (Phi) is 3.13. The molecule has 24 heavy (non-hydrogen) atoms. The molecule has 0 radical (unpaired) electrons. The second kappa shape index (κ2) is 5.31. The highest BCUT2D eigenvalue weighted by molar-refractivity contribution is 6.06. The summed E-state index contributed by atoms with van der Waals surface area (Å²) in [5, 5.41) is 3.70. The van der Waals surface area contributed by atoms with E-state index in [1.54, 1.807) is 31.4 Å². The molecule has 3 N–H and O–H groups in total. The second-order valence-corrected chi connectivity index (χ2v) is 5.32. The number of ether oxygens (including phenoxy) is 1. The normalized spacial score (nSPS) is 11.0. The molecule has 0 spiro atoms. The Morgan fingerprint density at radius 2 is 1.96 bits per heavy atom. The Bertz CT molecular complexity index is 1120. The van der Waals surface area contributed by atoms with Crippen molar-refractivity contribution in [2.75, 3.05) is 12.4 Å². The summed E-state index contributed by atoms with van der Waals surface area (Å²) in [7, 11) is 1.59. The first-order chi connectivity index (χ1) is 11.6. The van der Waals surface area contributed by atoms with Gasteiger partial charge in [-0.25, -0.2) is 4.79 Å². The van der Waals surface area contributed by atoms with Crippen molar-refractivity contribution in [2.24, 2.45) is 0 Å². The van der Waals surface area contributed by atoms with Gasteiger partial charge in [-0.3, -0.25) is 9.78 Å². The maximum absolute atomic E-state index is 12.4. The standard InChI is InChI=1S/C17H13N3O4/c1-23-11-4-2-9-6-14(19-12(9)8-11)16(21)18-10-3-5-15-13(7-10)20-17(22)24-15/h2-8,19H,1H3,(H,18,21)(H,20,22). The van der Waals surface area contributed by atoms with Crippen molar-refractivity contribution in [3.05, 3.63) is 58.7 Å². The van der Waals surface area contributed by atoms with Crippen LogP contribution >= 0.6 is 0 Å². The molecule has 2 heterocycles. The van der Waals surface area contributed by atoms with Crippen molar-refractivity contribution >= 4 is 33.6 Å². The average Bonchev–Trinajstić information content (AvgIpc) is 3.15. The van der Waals surface area contributed by atoms with Gasteiger partial charge in [-0.05, 0) is 36.4 Å². The fraction of sp³-hybridized carbons (Fsp3) is 0.0588. The molecule has 7 heteroatoms. The molecule has 0 saturated heterocycles. The van der Waals surface area contributed by atoms with E-state index in [0.29, 0.717) is 28.2 Å². The third-order valence-electron chi connectivity index (χ3n) is 3.75. The van der Waals surface area contributed by atoms with Crippen LogP contribution in [0, 0.1) is 0 Å². The van der Waals surface area contributed by atoms with Crippen LogP contribution in [0.4, 0.5) is 5.69 Å². The van der Waals surface area contributed by atoms with E-state index in [4.69, 9.17) is 9.15 Å². The zero-order valence-electron chi connectivity index (χ0n) is 12.7. The van der Waals surface area contributed by atoms with E-state index < -0.39 is 5.76 Å². The fourth-order valence-corrected chi connectivity index (χ4v) is 2.58. The second-order valence-electron chi connectivity index (χ2n) is 5.32. The van der Waals surface area contributed by atoms with Crippen LogP contribution in [0.1, 0.15) is 10.5 Å². The molecule has 4 aromatic rings. The molecular formula is C17H13N3O4. The van der Waals surface area contributed by atoms with Gasteiger partial charge in [0.1, 0.15) is 11.4 Å². The SMILES string of the molecule is COc1ccc2cc(C(=O)Nc3ccc4oc(=O)[nH]c4c3)[nH]c2c1. The Morgan fingerprint density at radius 3 is 2.79 bits per heavy atom. The van der Waals surface area contributed by atoms with E-state index in [1.165, 1.54) is 0 Å². The van der Waals surface area contributed by atoms with Crippen LogP contribution in [0.5, 0.6) is 5.75 Å². The van der Waals surface area contributed by atoms with E-state index in [-0.39, 0.29) is 5.91 Å². The van der Waals surface area contributed by atoms with Crippen LogP contribution in [0.2, 0.25) is 0 Å². The van der Waals surface area contributed by atoms with Crippen LogP contribution in [-0.2, 0) is 0 Å². The highest BCUT2D eigenvalue weighted by Crippen LogP contribution is 2.22. The molecule has 4 rings (SSSR count). The molecule has 0 aliphatic rings. The zero-order valence-corrected chi connectivity index (χ0v) is 12.7. The third-order valence-corrected chi connectivity index (χ3v) is 3.75. The monoisotopic (exact) mass is 323 g/mol. The summed E-state index contributed by atoms with van der Waals surface area (Å²) >= 11 is 0. The molecule has 0 bridgehead atoms. The highest BCUT2D eigenvalue weighted by Gasteiger charge is 2.11. The summed E-state index contributed by atoms with van der Waals surface area (Å²) in [6, 6.07) is 12.2. The highest BCUT2D eigenvalue weighted by atomic mass is 16.5. The van der Waals surface area contributed by atoms with E-state index in [0.717, 1.165) is 10.9 Å². The Morgan fingerprint density at radius 1 is 1.08 bits per heavy atom.